The summed E-state index contributed by atoms with van der Waals surface area (Å²) in [6, 6.07) is 0. The number of phosphoric acid groups is 1. The van der Waals surface area contributed by atoms with Crippen molar-refractivity contribution < 1.29 is 37.6 Å². The summed E-state index contributed by atoms with van der Waals surface area (Å²) in [5.74, 6) is -0.877. The molecule has 0 aliphatic rings. The van der Waals surface area contributed by atoms with E-state index in [2.05, 4.69) is 62.5 Å². The number of hydrogen-bond acceptors (Lipinski definition) is 8. The lowest BCUT2D eigenvalue weighted by Crippen LogP contribution is -2.29. The SMILES string of the molecule is CCCCC/C=C/C/C=C/CCCCCCCCCCCC(=O)O[C@H](COC(=O)CCC/C=C/CC/C=C/CCCCCCCCCCCCCCCC)COP(=O)(O)OCCN. The minimum absolute atomic E-state index is 0.0470. The molecule has 9 nitrogen and oxygen atoms in total. The minimum Gasteiger partial charge on any atom is -0.462 e. The summed E-state index contributed by atoms with van der Waals surface area (Å²) >= 11 is 0. The minimum atomic E-state index is -4.39. The number of nitrogens with two attached hydrogens (primary N) is 1. The van der Waals surface area contributed by atoms with Gasteiger partial charge >= 0.3 is 19.8 Å². The number of allylic oxidation sites excluding steroid dienone is 8. The van der Waals surface area contributed by atoms with E-state index >= 15 is 0 Å². The van der Waals surface area contributed by atoms with Crippen LogP contribution in [-0.4, -0.2) is 49.3 Å². The Bertz CT molecular complexity index is 1170. The Morgan fingerprint density at radius 1 is 0.476 bits per heavy atom. The molecule has 0 spiro atoms. The lowest BCUT2D eigenvalue weighted by atomic mass is 10.0. The zero-order valence-electron chi connectivity index (χ0n) is 40.8. The highest BCUT2D eigenvalue weighted by atomic mass is 31.2. The molecule has 0 saturated carbocycles. The van der Waals surface area contributed by atoms with Crippen LogP contribution in [0, 0.1) is 0 Å². The van der Waals surface area contributed by atoms with Crippen LogP contribution in [0.2, 0.25) is 0 Å². The number of esters is 2. The number of carbonyl (C=O) groups excluding carboxylic acids is 2. The molecule has 1 unspecified atom stereocenters. The van der Waals surface area contributed by atoms with Crippen molar-refractivity contribution in [3.05, 3.63) is 48.6 Å². The third-order valence-corrected chi connectivity index (χ3v) is 12.1. The normalized spacial score (nSPS) is 13.5. The van der Waals surface area contributed by atoms with Crippen molar-refractivity contribution in [2.75, 3.05) is 26.4 Å². The maximum atomic E-state index is 12.6. The summed E-state index contributed by atoms with van der Waals surface area (Å²) in [5.41, 5.74) is 5.36. The van der Waals surface area contributed by atoms with Gasteiger partial charge in [-0.3, -0.25) is 18.6 Å². The molecule has 0 heterocycles. The Kier molecular flexibility index (Phi) is 47.8. The van der Waals surface area contributed by atoms with E-state index in [0.29, 0.717) is 12.8 Å². The van der Waals surface area contributed by atoms with E-state index in [0.717, 1.165) is 57.8 Å². The van der Waals surface area contributed by atoms with Crippen LogP contribution in [0.3, 0.4) is 0 Å². The van der Waals surface area contributed by atoms with Gasteiger partial charge in [0.25, 0.3) is 0 Å². The fourth-order valence-corrected chi connectivity index (χ4v) is 8.04. The highest BCUT2D eigenvalue weighted by Gasteiger charge is 2.26. The van der Waals surface area contributed by atoms with Gasteiger partial charge in [-0.2, -0.15) is 0 Å². The zero-order valence-corrected chi connectivity index (χ0v) is 41.7. The molecule has 0 radical (unpaired) electrons. The molecule has 0 bridgehead atoms. The molecule has 10 heteroatoms. The standard InChI is InChI=1S/C53H98NO8P/c1-3-5-7-9-11-13-15-17-19-21-23-24-25-26-28-29-31-33-35-37-39-41-43-45-52(55)59-49-51(50-61-63(57,58)60-48-47-54)62-53(56)46-44-42-40-38-36-34-32-30-27-22-20-18-16-14-12-10-8-6-4-2/h12,14,18,20,29,31,37,39,51H,3-11,13,15-17,19,21-28,30,32-36,38,40-50,54H2,1-2H3,(H,57,58)/b14-12+,20-18+,31-29+,39-37+/t51-/m1/s1. The van der Waals surface area contributed by atoms with Gasteiger partial charge in [0.1, 0.15) is 6.61 Å². The van der Waals surface area contributed by atoms with Crippen LogP contribution in [0.5, 0.6) is 0 Å². The molecule has 63 heavy (non-hydrogen) atoms. The Balaban J connectivity index is 4.08. The molecule has 0 saturated heterocycles. The first kappa shape index (κ1) is 61.0. The summed E-state index contributed by atoms with van der Waals surface area (Å²) in [4.78, 5) is 35.0. The van der Waals surface area contributed by atoms with Crippen LogP contribution in [0.15, 0.2) is 48.6 Å². The van der Waals surface area contributed by atoms with Gasteiger partial charge in [0.05, 0.1) is 13.2 Å². The molecule has 2 atom stereocenters. The molecule has 0 aliphatic carbocycles. The van der Waals surface area contributed by atoms with Crippen molar-refractivity contribution in [3.63, 3.8) is 0 Å². The monoisotopic (exact) mass is 908 g/mol. The molecular weight excluding hydrogens is 810 g/mol. The summed E-state index contributed by atoms with van der Waals surface area (Å²) in [5, 5.41) is 0. The zero-order chi connectivity index (χ0) is 46.0. The molecule has 0 fully saturated rings. The fraction of sp³-hybridized carbons (Fsp3) is 0.811. The molecule has 368 valence electrons. The summed E-state index contributed by atoms with van der Waals surface area (Å²) in [6.45, 7) is 3.69. The molecular formula is C53H98NO8P. The first-order valence-electron chi connectivity index (χ1n) is 26.1. The van der Waals surface area contributed by atoms with Gasteiger partial charge in [0.2, 0.25) is 0 Å². The van der Waals surface area contributed by atoms with Crippen LogP contribution in [-0.2, 0) is 32.7 Å². The second kappa shape index (κ2) is 49.4. The lowest BCUT2D eigenvalue weighted by molar-refractivity contribution is -0.161. The molecule has 0 aromatic carbocycles. The van der Waals surface area contributed by atoms with Crippen LogP contribution in [0.4, 0.5) is 0 Å². The number of carbonyl (C=O) groups is 2. The molecule has 0 amide bonds. The first-order valence-corrected chi connectivity index (χ1v) is 27.6. The van der Waals surface area contributed by atoms with Gasteiger partial charge in [-0.25, -0.2) is 4.57 Å². The van der Waals surface area contributed by atoms with Crippen LogP contribution in [0.25, 0.3) is 0 Å². The van der Waals surface area contributed by atoms with E-state index < -0.39 is 32.5 Å². The Labute approximate surface area is 387 Å². The average molecular weight is 908 g/mol. The largest absolute Gasteiger partial charge is 0.472 e. The van der Waals surface area contributed by atoms with E-state index in [1.54, 1.807) is 0 Å². The highest BCUT2D eigenvalue weighted by molar-refractivity contribution is 7.47. The van der Waals surface area contributed by atoms with E-state index in [-0.39, 0.29) is 32.6 Å². The molecule has 0 aromatic heterocycles. The molecule has 0 aliphatic heterocycles. The maximum absolute atomic E-state index is 12.6. The van der Waals surface area contributed by atoms with Crippen LogP contribution < -0.4 is 5.73 Å². The fourth-order valence-electron chi connectivity index (χ4n) is 7.27. The highest BCUT2D eigenvalue weighted by Crippen LogP contribution is 2.43. The van der Waals surface area contributed by atoms with Crippen molar-refractivity contribution >= 4 is 19.8 Å². The van der Waals surface area contributed by atoms with Gasteiger partial charge in [-0.1, -0.05) is 204 Å². The second-order valence-corrected chi connectivity index (χ2v) is 18.8. The summed E-state index contributed by atoms with van der Waals surface area (Å²) < 4.78 is 32.9. The summed E-state index contributed by atoms with van der Waals surface area (Å²) in [7, 11) is -4.39. The topological polar surface area (TPSA) is 134 Å². The van der Waals surface area contributed by atoms with Crippen molar-refractivity contribution in [1.29, 1.82) is 0 Å². The van der Waals surface area contributed by atoms with E-state index in [1.165, 1.54) is 148 Å². The van der Waals surface area contributed by atoms with Crippen molar-refractivity contribution in [2.45, 2.75) is 251 Å². The van der Waals surface area contributed by atoms with Crippen molar-refractivity contribution in [3.8, 4) is 0 Å². The Morgan fingerprint density at radius 2 is 0.857 bits per heavy atom. The molecule has 0 rings (SSSR count). The average Bonchev–Trinajstić information content (AvgIpc) is 3.27. The number of rotatable bonds is 49. The number of phosphoric ester groups is 1. The van der Waals surface area contributed by atoms with Gasteiger partial charge in [0.15, 0.2) is 6.10 Å². The molecule has 0 aromatic rings. The Hall–Kier alpha value is -2.03. The number of hydrogen-bond donors (Lipinski definition) is 2. The van der Waals surface area contributed by atoms with Gasteiger partial charge in [-0.15, -0.1) is 0 Å². The maximum Gasteiger partial charge on any atom is 0.472 e. The van der Waals surface area contributed by atoms with E-state index in [1.807, 2.05) is 0 Å². The predicted molar refractivity (Wildman–Crippen MR) is 266 cm³/mol. The first-order chi connectivity index (χ1) is 30.8. The van der Waals surface area contributed by atoms with Crippen LogP contribution >= 0.6 is 7.82 Å². The second-order valence-electron chi connectivity index (χ2n) is 17.4. The molecule has 3 N–H and O–H groups in total. The van der Waals surface area contributed by atoms with Gasteiger partial charge in [-0.05, 0) is 77.0 Å². The van der Waals surface area contributed by atoms with Crippen molar-refractivity contribution in [2.24, 2.45) is 5.73 Å². The lowest BCUT2D eigenvalue weighted by Gasteiger charge is -2.19. The third-order valence-electron chi connectivity index (χ3n) is 11.2. The van der Waals surface area contributed by atoms with E-state index in [4.69, 9.17) is 24.3 Å². The number of ether oxygens (including phenoxy) is 2. The Morgan fingerprint density at radius 3 is 1.35 bits per heavy atom. The smallest absolute Gasteiger partial charge is 0.462 e. The van der Waals surface area contributed by atoms with Crippen molar-refractivity contribution in [1.82, 2.24) is 0 Å². The summed E-state index contributed by atoms with van der Waals surface area (Å²) in [6.07, 6.45) is 58.8. The van der Waals surface area contributed by atoms with Crippen LogP contribution in [0.1, 0.15) is 245 Å². The number of unbranched alkanes of at least 4 members (excludes halogenated alkanes) is 28. The van der Waals surface area contributed by atoms with E-state index in [9.17, 15) is 19.0 Å². The van der Waals surface area contributed by atoms with Gasteiger partial charge in [0, 0.05) is 19.4 Å². The predicted octanol–water partition coefficient (Wildman–Crippen LogP) is 15.8. The van der Waals surface area contributed by atoms with Gasteiger partial charge < -0.3 is 20.1 Å². The third kappa shape index (κ3) is 49.2. The quantitative estimate of drug-likeness (QED) is 0.0265.